The van der Waals surface area contributed by atoms with E-state index in [0.717, 1.165) is 0 Å². The van der Waals surface area contributed by atoms with Gasteiger partial charge in [0.25, 0.3) is 23.6 Å². The van der Waals surface area contributed by atoms with Crippen LogP contribution in [0.15, 0.2) is 0 Å². The van der Waals surface area contributed by atoms with Crippen LogP contribution in [0.2, 0.25) is 0 Å². The van der Waals surface area contributed by atoms with Crippen molar-refractivity contribution in [1.29, 1.82) is 0 Å². The van der Waals surface area contributed by atoms with Gasteiger partial charge in [0.1, 0.15) is 0 Å². The van der Waals surface area contributed by atoms with Gasteiger partial charge < -0.3 is 38.1 Å². The molecule has 0 spiro atoms. The third-order valence-electron chi connectivity index (χ3n) is 8.74. The lowest BCUT2D eigenvalue weighted by molar-refractivity contribution is -0.198. The highest BCUT2D eigenvalue weighted by Crippen LogP contribution is 2.23. The molecule has 22 heteroatoms. The number of hydrogen-bond acceptors (Lipinski definition) is 20. The average Bonchev–Trinajstić information content (AvgIpc) is 3.88. The van der Waals surface area contributed by atoms with Crippen molar-refractivity contribution in [2.45, 2.75) is 89.3 Å². The van der Waals surface area contributed by atoms with Gasteiger partial charge in [-0.3, -0.25) is 47.9 Å². The van der Waals surface area contributed by atoms with Crippen molar-refractivity contribution >= 4 is 70.6 Å². The first-order chi connectivity index (χ1) is 27.2. The van der Waals surface area contributed by atoms with Gasteiger partial charge >= 0.3 is 23.9 Å². The number of amides is 4. The number of ketones is 4. The predicted octanol–water partition coefficient (Wildman–Crippen LogP) is -1.50. The Kier molecular flexibility index (Phi) is 16.6. The first-order valence-electron chi connectivity index (χ1n) is 18.1. The summed E-state index contributed by atoms with van der Waals surface area (Å²) >= 11 is 0. The summed E-state index contributed by atoms with van der Waals surface area (Å²) in [5.41, 5.74) is -1.35. The van der Waals surface area contributed by atoms with Gasteiger partial charge in [-0.25, -0.2) is 9.59 Å². The fourth-order valence-electron chi connectivity index (χ4n) is 5.66. The van der Waals surface area contributed by atoms with Crippen molar-refractivity contribution in [3.05, 3.63) is 0 Å². The average molecular weight is 811 g/mol. The lowest BCUT2D eigenvalue weighted by atomic mass is 9.92. The molecule has 0 aromatic heterocycles. The van der Waals surface area contributed by atoms with Gasteiger partial charge in [-0.05, 0) is 0 Å². The fraction of sp³-hybridized carbons (Fsp3) is 0.657. The molecular formula is C35H42N2O20. The van der Waals surface area contributed by atoms with Crippen LogP contribution in [0.1, 0.15) is 77.0 Å². The van der Waals surface area contributed by atoms with Crippen molar-refractivity contribution in [1.82, 2.24) is 10.1 Å². The van der Waals surface area contributed by atoms with E-state index in [-0.39, 0.29) is 117 Å². The lowest BCUT2D eigenvalue weighted by Gasteiger charge is -2.33. The Morgan fingerprint density at radius 3 is 0.965 bits per heavy atom. The number of carbonyl (C=O) groups excluding carboxylic acids is 12. The topological polar surface area (TPSA) is 285 Å². The summed E-state index contributed by atoms with van der Waals surface area (Å²) < 4.78 is 32.9. The van der Waals surface area contributed by atoms with Gasteiger partial charge in [0.15, 0.2) is 23.1 Å². The molecule has 2 aliphatic carbocycles. The van der Waals surface area contributed by atoms with Crippen LogP contribution < -0.4 is 0 Å². The van der Waals surface area contributed by atoms with Crippen LogP contribution in [0.25, 0.3) is 0 Å². The molecule has 2 saturated carbocycles. The molecule has 2 aliphatic heterocycles. The molecule has 4 rings (SSSR count). The maximum Gasteiger partial charge on any atom is 0.335 e. The number of rotatable bonds is 24. The van der Waals surface area contributed by atoms with E-state index in [4.69, 9.17) is 38.1 Å². The lowest BCUT2D eigenvalue weighted by Crippen LogP contribution is -2.42. The summed E-state index contributed by atoms with van der Waals surface area (Å²) in [6.07, 6.45) is -5.19. The summed E-state index contributed by atoms with van der Waals surface area (Å²) in [6.45, 7) is -2.56. The molecule has 57 heavy (non-hydrogen) atoms. The maximum atomic E-state index is 12.4. The maximum absolute atomic E-state index is 12.4. The predicted molar refractivity (Wildman–Crippen MR) is 177 cm³/mol. The van der Waals surface area contributed by atoms with Gasteiger partial charge in [-0.15, -0.1) is 10.1 Å². The van der Waals surface area contributed by atoms with E-state index in [1.54, 1.807) is 0 Å². The molecule has 0 bridgehead atoms. The Morgan fingerprint density at radius 1 is 0.421 bits per heavy atom. The highest BCUT2D eigenvalue weighted by atomic mass is 16.7. The number of esters is 2. The minimum absolute atomic E-state index is 0.0389. The number of imide groups is 2. The minimum Gasteiger partial charge on any atom is -0.446 e. The quantitative estimate of drug-likeness (QED) is 0.0464. The number of nitrogens with zero attached hydrogens (tertiary/aromatic N) is 2. The van der Waals surface area contributed by atoms with E-state index >= 15 is 0 Å². The Balaban J connectivity index is 1.37. The SMILES string of the molecule is O=C(CCOCC(COCCC(=O)OC1C(=O)CCC1=O)(COCCC(=O)ON1C(=O)CCC1=O)COCCC(=O)ON1C(=O)CCC1=O)OC1C(=O)CCC1=O. The molecule has 312 valence electrons. The Labute approximate surface area is 323 Å². The summed E-state index contributed by atoms with van der Waals surface area (Å²) in [4.78, 5) is 154. The van der Waals surface area contributed by atoms with Crippen LogP contribution >= 0.6 is 0 Å². The largest absolute Gasteiger partial charge is 0.446 e. The van der Waals surface area contributed by atoms with Crippen LogP contribution in [0.4, 0.5) is 0 Å². The van der Waals surface area contributed by atoms with Crippen LogP contribution in [0, 0.1) is 5.41 Å². The molecule has 0 aromatic rings. The highest BCUT2D eigenvalue weighted by Gasteiger charge is 2.39. The summed E-state index contributed by atoms with van der Waals surface area (Å²) in [7, 11) is 0. The van der Waals surface area contributed by atoms with Crippen LogP contribution in [-0.4, -0.2) is 146 Å². The van der Waals surface area contributed by atoms with Crippen molar-refractivity contribution < 1.29 is 95.6 Å². The van der Waals surface area contributed by atoms with Crippen LogP contribution in [0.3, 0.4) is 0 Å². The summed E-state index contributed by atoms with van der Waals surface area (Å²) in [6, 6.07) is 0. The van der Waals surface area contributed by atoms with Gasteiger partial charge in [0.05, 0.1) is 84.0 Å². The van der Waals surface area contributed by atoms with E-state index in [2.05, 4.69) is 0 Å². The zero-order valence-electron chi connectivity index (χ0n) is 30.9. The van der Waals surface area contributed by atoms with Crippen molar-refractivity contribution in [3.63, 3.8) is 0 Å². The van der Waals surface area contributed by atoms with Crippen molar-refractivity contribution in [2.24, 2.45) is 5.41 Å². The molecule has 0 aromatic carbocycles. The second-order valence-corrected chi connectivity index (χ2v) is 13.4. The standard InChI is InChI=1S/C35H42N2O20/c38-21-1-2-22(39)33(21)54-29(46)9-13-50-17-35(18-51-14-10-30(47)55-34-23(40)3-4-24(34)41,19-52-15-11-31(48)56-36-25(42)5-6-26(36)43)20-53-16-12-32(49)57-37-27(44)7-8-28(37)45/h33-34H,1-20H2. The van der Waals surface area contributed by atoms with Crippen molar-refractivity contribution in [3.8, 4) is 0 Å². The van der Waals surface area contributed by atoms with E-state index in [0.29, 0.717) is 10.1 Å². The van der Waals surface area contributed by atoms with E-state index in [1.165, 1.54) is 0 Å². The minimum atomic E-state index is -1.48. The highest BCUT2D eigenvalue weighted by molar-refractivity contribution is 6.13. The molecule has 22 nitrogen and oxygen atoms in total. The smallest absolute Gasteiger partial charge is 0.335 e. The van der Waals surface area contributed by atoms with E-state index < -0.39 is 101 Å². The van der Waals surface area contributed by atoms with Crippen LogP contribution in [-0.2, 0) is 95.6 Å². The molecular weight excluding hydrogens is 768 g/mol. The third-order valence-corrected chi connectivity index (χ3v) is 8.74. The molecule has 0 unspecified atom stereocenters. The number of carbonyl (C=O) groups is 12. The zero-order valence-corrected chi connectivity index (χ0v) is 30.9. The number of hydrogen-bond donors (Lipinski definition) is 0. The Morgan fingerprint density at radius 2 is 0.684 bits per heavy atom. The molecule has 4 fully saturated rings. The Hall–Kier alpha value is -5.32. The van der Waals surface area contributed by atoms with Gasteiger partial charge in [0, 0.05) is 51.4 Å². The second-order valence-electron chi connectivity index (χ2n) is 13.4. The van der Waals surface area contributed by atoms with Gasteiger partial charge in [0.2, 0.25) is 12.2 Å². The summed E-state index contributed by atoms with van der Waals surface area (Å²) in [5, 5.41) is 0.742. The molecule has 0 atom stereocenters. The normalized spacial score (nSPS) is 18.0. The van der Waals surface area contributed by atoms with Crippen LogP contribution in [0.5, 0.6) is 0 Å². The van der Waals surface area contributed by atoms with Crippen molar-refractivity contribution in [2.75, 3.05) is 52.9 Å². The molecule has 0 radical (unpaired) electrons. The Bertz CT molecular complexity index is 1340. The summed E-state index contributed by atoms with van der Waals surface area (Å²) in [5.74, 6) is -8.51. The first kappa shape index (κ1) is 44.4. The molecule has 2 heterocycles. The van der Waals surface area contributed by atoms with E-state index in [9.17, 15) is 57.5 Å². The monoisotopic (exact) mass is 810 g/mol. The molecule has 2 saturated heterocycles. The molecule has 4 amide bonds. The number of hydroxylamine groups is 4. The zero-order chi connectivity index (χ0) is 41.5. The number of ether oxygens (including phenoxy) is 6. The first-order valence-corrected chi connectivity index (χ1v) is 18.1. The molecule has 0 N–H and O–H groups in total. The second kappa shape index (κ2) is 21.3. The fourth-order valence-corrected chi connectivity index (χ4v) is 5.66. The van der Waals surface area contributed by atoms with Gasteiger partial charge in [-0.2, -0.15) is 0 Å². The number of Topliss-reactive ketones (excluding diaryl/α,β-unsaturated/α-hetero) is 4. The van der Waals surface area contributed by atoms with E-state index in [1.807, 2.05) is 0 Å². The molecule has 4 aliphatic rings. The van der Waals surface area contributed by atoms with Gasteiger partial charge in [-0.1, -0.05) is 0 Å². The third kappa shape index (κ3) is 13.4.